The maximum Gasteiger partial charge on any atom is 0.188 e. The van der Waals surface area contributed by atoms with Crippen molar-refractivity contribution in [1.82, 2.24) is 0 Å². The molecular weight excluding hydrogens is 174 g/mol. The first-order valence-electron chi connectivity index (χ1n) is 4.15. The maximum absolute atomic E-state index is 9.62. The third-order valence-electron chi connectivity index (χ3n) is 1.90. The summed E-state index contributed by atoms with van der Waals surface area (Å²) >= 11 is 0. The summed E-state index contributed by atoms with van der Waals surface area (Å²) in [4.78, 5) is 4.61. The van der Waals surface area contributed by atoms with E-state index in [1.165, 1.54) is 14.2 Å². The summed E-state index contributed by atoms with van der Waals surface area (Å²) in [5.41, 5.74) is 0.563. The van der Waals surface area contributed by atoms with Gasteiger partial charge in [0.1, 0.15) is 13.2 Å². The van der Waals surface area contributed by atoms with Gasteiger partial charge in [0.05, 0.1) is 11.8 Å². The fourth-order valence-corrected chi connectivity index (χ4v) is 1.32. The van der Waals surface area contributed by atoms with Crippen molar-refractivity contribution in [2.75, 3.05) is 14.2 Å². The lowest BCUT2D eigenvalue weighted by Gasteiger charge is -2.31. The van der Waals surface area contributed by atoms with Crippen LogP contribution in [0, 0.1) is 0 Å². The highest BCUT2D eigenvalue weighted by atomic mass is 16.7. The SMILES string of the molecule is CO/N=C1\CC(C)OC(OC)[C@@H]1O. The van der Waals surface area contributed by atoms with E-state index < -0.39 is 12.4 Å². The topological polar surface area (TPSA) is 60.3 Å². The molecule has 1 fully saturated rings. The predicted molar refractivity (Wildman–Crippen MR) is 46.4 cm³/mol. The van der Waals surface area contributed by atoms with Gasteiger partial charge in [0.2, 0.25) is 0 Å². The van der Waals surface area contributed by atoms with Gasteiger partial charge in [-0.05, 0) is 6.92 Å². The van der Waals surface area contributed by atoms with Gasteiger partial charge >= 0.3 is 0 Å². The van der Waals surface area contributed by atoms with Gasteiger partial charge in [-0.1, -0.05) is 5.16 Å². The van der Waals surface area contributed by atoms with E-state index in [0.717, 1.165) is 0 Å². The number of aliphatic hydroxyl groups excluding tert-OH is 1. The Morgan fingerprint density at radius 1 is 1.54 bits per heavy atom. The highest BCUT2D eigenvalue weighted by Gasteiger charge is 2.33. The summed E-state index contributed by atoms with van der Waals surface area (Å²) in [6.45, 7) is 1.89. The number of methoxy groups -OCH3 is 1. The van der Waals surface area contributed by atoms with Crippen LogP contribution in [0.25, 0.3) is 0 Å². The molecule has 0 bridgehead atoms. The molecule has 1 aliphatic rings. The van der Waals surface area contributed by atoms with Crippen molar-refractivity contribution in [1.29, 1.82) is 0 Å². The van der Waals surface area contributed by atoms with Gasteiger partial charge in [-0.25, -0.2) is 0 Å². The highest BCUT2D eigenvalue weighted by Crippen LogP contribution is 2.18. The molecule has 0 spiro atoms. The molecule has 1 heterocycles. The smallest absolute Gasteiger partial charge is 0.188 e. The van der Waals surface area contributed by atoms with Crippen LogP contribution in [0.5, 0.6) is 0 Å². The second-order valence-electron chi connectivity index (χ2n) is 2.96. The van der Waals surface area contributed by atoms with Crippen LogP contribution < -0.4 is 0 Å². The van der Waals surface area contributed by atoms with Crippen LogP contribution >= 0.6 is 0 Å². The number of rotatable bonds is 2. The van der Waals surface area contributed by atoms with Gasteiger partial charge in [-0.2, -0.15) is 0 Å². The molecule has 0 amide bonds. The summed E-state index contributed by atoms with van der Waals surface area (Å²) in [5.74, 6) is 0. The largest absolute Gasteiger partial charge is 0.399 e. The Kier molecular flexibility index (Phi) is 3.65. The van der Waals surface area contributed by atoms with Crippen LogP contribution in [0.4, 0.5) is 0 Å². The average Bonchev–Trinajstić information content (AvgIpc) is 2.11. The molecular formula is C8H15NO4. The molecule has 2 unspecified atom stereocenters. The van der Waals surface area contributed by atoms with Crippen LogP contribution in [-0.2, 0) is 14.3 Å². The zero-order chi connectivity index (χ0) is 9.84. The first-order valence-corrected chi connectivity index (χ1v) is 4.15. The van der Waals surface area contributed by atoms with Gasteiger partial charge in [0.25, 0.3) is 0 Å². The van der Waals surface area contributed by atoms with Crippen LogP contribution in [-0.4, -0.2) is 43.5 Å². The maximum atomic E-state index is 9.62. The molecule has 76 valence electrons. The molecule has 13 heavy (non-hydrogen) atoms. The van der Waals surface area contributed by atoms with E-state index in [9.17, 15) is 5.11 Å². The second kappa shape index (κ2) is 4.55. The van der Waals surface area contributed by atoms with Crippen molar-refractivity contribution in [3.05, 3.63) is 0 Å². The van der Waals surface area contributed by atoms with Crippen molar-refractivity contribution in [2.24, 2.45) is 5.16 Å². The van der Waals surface area contributed by atoms with E-state index in [2.05, 4.69) is 9.99 Å². The minimum atomic E-state index is -0.832. The van der Waals surface area contributed by atoms with Gasteiger partial charge in [0, 0.05) is 13.5 Å². The monoisotopic (exact) mass is 189 g/mol. The van der Waals surface area contributed by atoms with Gasteiger partial charge < -0.3 is 19.4 Å². The Bertz CT molecular complexity index is 195. The summed E-state index contributed by atoms with van der Waals surface area (Å²) in [5, 5.41) is 13.3. The van der Waals surface area contributed by atoms with Crippen molar-refractivity contribution in [3.8, 4) is 0 Å². The molecule has 5 heteroatoms. The van der Waals surface area contributed by atoms with E-state index in [-0.39, 0.29) is 6.10 Å². The molecule has 0 saturated carbocycles. The molecule has 3 atom stereocenters. The molecule has 1 saturated heterocycles. The third-order valence-corrected chi connectivity index (χ3v) is 1.90. The van der Waals surface area contributed by atoms with Gasteiger partial charge in [-0.3, -0.25) is 0 Å². The highest BCUT2D eigenvalue weighted by molar-refractivity contribution is 5.89. The zero-order valence-corrected chi connectivity index (χ0v) is 8.06. The van der Waals surface area contributed by atoms with E-state index in [1.807, 2.05) is 6.92 Å². The number of hydrogen-bond donors (Lipinski definition) is 1. The quantitative estimate of drug-likeness (QED) is 0.627. The van der Waals surface area contributed by atoms with E-state index in [1.54, 1.807) is 0 Å². The lowest BCUT2D eigenvalue weighted by Crippen LogP contribution is -2.45. The molecule has 5 nitrogen and oxygen atoms in total. The number of ether oxygens (including phenoxy) is 2. The van der Waals surface area contributed by atoms with Gasteiger partial charge in [-0.15, -0.1) is 0 Å². The fraction of sp³-hybridized carbons (Fsp3) is 0.875. The average molecular weight is 189 g/mol. The molecule has 1 aliphatic heterocycles. The molecule has 1 N–H and O–H groups in total. The van der Waals surface area contributed by atoms with Crippen molar-refractivity contribution < 1.29 is 19.4 Å². The minimum absolute atomic E-state index is 0.0118. The number of nitrogens with zero attached hydrogens (tertiary/aromatic N) is 1. The number of aliphatic hydroxyl groups is 1. The molecule has 1 rings (SSSR count). The van der Waals surface area contributed by atoms with Crippen LogP contribution in [0.1, 0.15) is 13.3 Å². The van der Waals surface area contributed by atoms with Crippen LogP contribution in [0.2, 0.25) is 0 Å². The van der Waals surface area contributed by atoms with Crippen LogP contribution in [0.3, 0.4) is 0 Å². The molecule has 0 aliphatic carbocycles. The van der Waals surface area contributed by atoms with Crippen molar-refractivity contribution >= 4 is 5.71 Å². The lowest BCUT2D eigenvalue weighted by atomic mass is 10.0. The predicted octanol–water partition coefficient (Wildman–Crippen LogP) is 0.131. The summed E-state index contributed by atoms with van der Waals surface area (Å²) in [6.07, 6.45) is -0.921. The summed E-state index contributed by atoms with van der Waals surface area (Å²) < 4.78 is 10.3. The molecule has 0 aromatic carbocycles. The van der Waals surface area contributed by atoms with E-state index in [4.69, 9.17) is 9.47 Å². The van der Waals surface area contributed by atoms with Crippen LogP contribution in [0.15, 0.2) is 5.16 Å². The lowest BCUT2D eigenvalue weighted by molar-refractivity contribution is -0.194. The van der Waals surface area contributed by atoms with E-state index in [0.29, 0.717) is 12.1 Å². The first-order chi connectivity index (χ1) is 6.19. The van der Waals surface area contributed by atoms with Gasteiger partial charge in [0.15, 0.2) is 6.29 Å². The number of oxime groups is 1. The Labute approximate surface area is 77.3 Å². The molecule has 0 aromatic rings. The zero-order valence-electron chi connectivity index (χ0n) is 8.06. The first kappa shape index (κ1) is 10.4. The number of hydrogen-bond acceptors (Lipinski definition) is 5. The Morgan fingerprint density at radius 3 is 2.77 bits per heavy atom. The standard InChI is InChI=1S/C8H15NO4/c1-5-4-6(9-12-3)7(10)8(11-2)13-5/h5,7-8,10H,4H2,1-3H3/b9-6+/t5?,7-,8?/m1/s1. The van der Waals surface area contributed by atoms with Crippen molar-refractivity contribution in [2.45, 2.75) is 31.8 Å². The normalized spacial score (nSPS) is 37.8. The molecule has 0 radical (unpaired) electrons. The third kappa shape index (κ3) is 2.40. The minimum Gasteiger partial charge on any atom is -0.399 e. The Balaban J connectivity index is 2.68. The second-order valence-corrected chi connectivity index (χ2v) is 2.96. The summed E-state index contributed by atoms with van der Waals surface area (Å²) in [7, 11) is 2.93. The summed E-state index contributed by atoms with van der Waals surface area (Å²) in [6, 6.07) is 0. The van der Waals surface area contributed by atoms with E-state index >= 15 is 0 Å². The Morgan fingerprint density at radius 2 is 2.23 bits per heavy atom. The Hall–Kier alpha value is -0.650. The fourth-order valence-electron chi connectivity index (χ4n) is 1.32. The van der Waals surface area contributed by atoms with Crippen molar-refractivity contribution in [3.63, 3.8) is 0 Å². The molecule has 0 aromatic heterocycles.